The molecule has 0 bridgehead atoms. The number of halogens is 1. The lowest BCUT2D eigenvalue weighted by Gasteiger charge is -2.29. The summed E-state index contributed by atoms with van der Waals surface area (Å²) in [5.74, 6) is -1.03. The molecular formula is C21H16FNO3. The third-order valence-corrected chi connectivity index (χ3v) is 4.57. The average Bonchev–Trinajstić information content (AvgIpc) is 2.66. The number of carbonyl (C=O) groups excluding carboxylic acids is 1. The summed E-state index contributed by atoms with van der Waals surface area (Å²) in [4.78, 5) is 12.4. The highest BCUT2D eigenvalue weighted by Crippen LogP contribution is 2.45. The summed E-state index contributed by atoms with van der Waals surface area (Å²) < 4.78 is 24.6. The maximum Gasteiger partial charge on any atom is 0.340 e. The second-order valence-electron chi connectivity index (χ2n) is 6.06. The molecule has 3 aromatic carbocycles. The third-order valence-electron chi connectivity index (χ3n) is 4.57. The van der Waals surface area contributed by atoms with E-state index < -0.39 is 11.9 Å². The summed E-state index contributed by atoms with van der Waals surface area (Å²) in [6.07, 6.45) is 0. The minimum Gasteiger partial charge on any atom is -0.465 e. The summed E-state index contributed by atoms with van der Waals surface area (Å²) in [5.41, 5.74) is 7.60. The van der Waals surface area contributed by atoms with Gasteiger partial charge in [-0.3, -0.25) is 0 Å². The van der Waals surface area contributed by atoms with Gasteiger partial charge < -0.3 is 15.2 Å². The molecule has 0 aromatic heterocycles. The number of nitrogens with two attached hydrogens (primary N) is 1. The van der Waals surface area contributed by atoms with Crippen LogP contribution in [0, 0.1) is 5.82 Å². The second-order valence-corrected chi connectivity index (χ2v) is 6.06. The van der Waals surface area contributed by atoms with Crippen LogP contribution in [0.25, 0.3) is 10.8 Å². The Kier molecular flexibility index (Phi) is 3.84. The van der Waals surface area contributed by atoms with Crippen molar-refractivity contribution in [1.29, 1.82) is 0 Å². The Balaban J connectivity index is 2.02. The summed E-state index contributed by atoms with van der Waals surface area (Å²) in [6, 6.07) is 17.7. The van der Waals surface area contributed by atoms with E-state index in [0.717, 1.165) is 16.3 Å². The number of esters is 1. The van der Waals surface area contributed by atoms with Gasteiger partial charge in [-0.2, -0.15) is 0 Å². The lowest BCUT2D eigenvalue weighted by Crippen LogP contribution is -2.27. The first kappa shape index (κ1) is 16.1. The molecule has 1 aliphatic rings. The van der Waals surface area contributed by atoms with Crippen molar-refractivity contribution in [3.8, 4) is 5.75 Å². The molecule has 1 atom stereocenters. The third kappa shape index (κ3) is 2.49. The van der Waals surface area contributed by atoms with E-state index >= 15 is 0 Å². The Morgan fingerprint density at radius 3 is 2.69 bits per heavy atom. The van der Waals surface area contributed by atoms with Crippen LogP contribution < -0.4 is 10.5 Å². The Morgan fingerprint density at radius 1 is 1.12 bits per heavy atom. The van der Waals surface area contributed by atoms with Gasteiger partial charge in [0.25, 0.3) is 0 Å². The van der Waals surface area contributed by atoms with Gasteiger partial charge in [-0.1, -0.05) is 48.5 Å². The zero-order chi connectivity index (χ0) is 18.3. The molecule has 0 saturated heterocycles. The van der Waals surface area contributed by atoms with E-state index in [1.165, 1.54) is 19.2 Å². The first-order valence-corrected chi connectivity index (χ1v) is 8.13. The van der Waals surface area contributed by atoms with Gasteiger partial charge in [0.1, 0.15) is 17.1 Å². The van der Waals surface area contributed by atoms with Crippen LogP contribution in [0.4, 0.5) is 4.39 Å². The van der Waals surface area contributed by atoms with Crippen LogP contribution in [0.1, 0.15) is 17.0 Å². The summed E-state index contributed by atoms with van der Waals surface area (Å²) in [7, 11) is 1.28. The molecule has 26 heavy (non-hydrogen) atoms. The van der Waals surface area contributed by atoms with E-state index in [2.05, 4.69) is 0 Å². The van der Waals surface area contributed by atoms with Crippen molar-refractivity contribution in [2.75, 3.05) is 7.11 Å². The molecule has 130 valence electrons. The Hall–Kier alpha value is -3.34. The lowest BCUT2D eigenvalue weighted by molar-refractivity contribution is -0.136. The van der Waals surface area contributed by atoms with Crippen LogP contribution in [0.5, 0.6) is 5.75 Å². The molecule has 0 spiro atoms. The number of hydrogen-bond acceptors (Lipinski definition) is 4. The smallest absolute Gasteiger partial charge is 0.340 e. The zero-order valence-electron chi connectivity index (χ0n) is 14.0. The molecule has 4 rings (SSSR count). The first-order valence-electron chi connectivity index (χ1n) is 8.13. The summed E-state index contributed by atoms with van der Waals surface area (Å²) >= 11 is 0. The number of methoxy groups -OCH3 is 1. The number of hydrogen-bond donors (Lipinski definition) is 1. The molecular weight excluding hydrogens is 333 g/mol. The molecule has 1 aliphatic heterocycles. The molecule has 5 heteroatoms. The summed E-state index contributed by atoms with van der Waals surface area (Å²) in [5, 5.41) is 1.86. The Bertz CT molecular complexity index is 1060. The van der Waals surface area contributed by atoms with Crippen molar-refractivity contribution in [3.63, 3.8) is 0 Å². The van der Waals surface area contributed by atoms with E-state index in [1.807, 2.05) is 36.4 Å². The van der Waals surface area contributed by atoms with Crippen LogP contribution in [-0.4, -0.2) is 13.1 Å². The fraction of sp³-hybridized carbons (Fsp3) is 0.0952. The Morgan fingerprint density at radius 2 is 1.92 bits per heavy atom. The minimum absolute atomic E-state index is 0.0324. The first-order chi connectivity index (χ1) is 12.6. The number of carbonyl (C=O) groups is 1. The molecule has 0 saturated carbocycles. The lowest BCUT2D eigenvalue weighted by atomic mass is 9.82. The standard InChI is InChI=1S/C21H16FNO3/c1-25-21(24)18-17(13-6-4-7-14(22)11-13)16-10-9-12-5-2-3-8-15(12)19(16)26-20(18)23/h2-11,17H,23H2,1H3/t17-/m1/s1. The van der Waals surface area contributed by atoms with Crippen LogP contribution >= 0.6 is 0 Å². The molecule has 0 amide bonds. The maximum absolute atomic E-state index is 13.9. The van der Waals surface area contributed by atoms with Gasteiger partial charge in [-0.25, -0.2) is 9.18 Å². The van der Waals surface area contributed by atoms with E-state index in [0.29, 0.717) is 11.3 Å². The van der Waals surface area contributed by atoms with Gasteiger partial charge in [-0.05, 0) is 23.1 Å². The molecule has 3 aromatic rings. The van der Waals surface area contributed by atoms with Crippen molar-refractivity contribution in [3.05, 3.63) is 89.1 Å². The average molecular weight is 349 g/mol. The molecule has 0 fully saturated rings. The van der Waals surface area contributed by atoms with E-state index in [4.69, 9.17) is 15.2 Å². The molecule has 0 unspecified atom stereocenters. The number of benzene rings is 3. The van der Waals surface area contributed by atoms with Gasteiger partial charge in [0.05, 0.1) is 13.0 Å². The van der Waals surface area contributed by atoms with Crippen LogP contribution in [0.2, 0.25) is 0 Å². The quantitative estimate of drug-likeness (QED) is 0.714. The highest BCUT2D eigenvalue weighted by molar-refractivity contribution is 5.96. The Labute approximate surface area is 149 Å². The van der Waals surface area contributed by atoms with Gasteiger partial charge in [-0.15, -0.1) is 0 Å². The fourth-order valence-corrected chi connectivity index (χ4v) is 3.42. The predicted molar refractivity (Wildman–Crippen MR) is 96.0 cm³/mol. The summed E-state index contributed by atoms with van der Waals surface area (Å²) in [6.45, 7) is 0. The van der Waals surface area contributed by atoms with Crippen molar-refractivity contribution >= 4 is 16.7 Å². The number of ether oxygens (including phenoxy) is 2. The van der Waals surface area contributed by atoms with E-state index in [9.17, 15) is 9.18 Å². The highest BCUT2D eigenvalue weighted by Gasteiger charge is 2.36. The van der Waals surface area contributed by atoms with Crippen molar-refractivity contribution in [2.24, 2.45) is 5.73 Å². The predicted octanol–water partition coefficient (Wildman–Crippen LogP) is 3.85. The van der Waals surface area contributed by atoms with Crippen LogP contribution in [0.3, 0.4) is 0 Å². The van der Waals surface area contributed by atoms with Crippen LogP contribution in [-0.2, 0) is 9.53 Å². The minimum atomic E-state index is -0.601. The van der Waals surface area contributed by atoms with Crippen molar-refractivity contribution < 1.29 is 18.7 Å². The van der Waals surface area contributed by atoms with Crippen LogP contribution in [0.15, 0.2) is 72.1 Å². The van der Waals surface area contributed by atoms with Crippen molar-refractivity contribution in [2.45, 2.75) is 5.92 Å². The molecule has 1 heterocycles. The van der Waals surface area contributed by atoms with Gasteiger partial charge in [0, 0.05) is 10.9 Å². The fourth-order valence-electron chi connectivity index (χ4n) is 3.42. The monoisotopic (exact) mass is 349 g/mol. The normalized spacial score (nSPS) is 16.2. The molecule has 2 N–H and O–H groups in total. The number of rotatable bonds is 2. The van der Waals surface area contributed by atoms with Gasteiger partial charge in [0.15, 0.2) is 0 Å². The molecule has 4 nitrogen and oxygen atoms in total. The second kappa shape index (κ2) is 6.19. The zero-order valence-corrected chi connectivity index (χ0v) is 14.0. The maximum atomic E-state index is 13.9. The highest BCUT2D eigenvalue weighted by atomic mass is 19.1. The van der Waals surface area contributed by atoms with E-state index in [1.54, 1.807) is 12.1 Å². The van der Waals surface area contributed by atoms with Gasteiger partial charge >= 0.3 is 5.97 Å². The van der Waals surface area contributed by atoms with E-state index in [-0.39, 0.29) is 17.3 Å². The SMILES string of the molecule is COC(=O)C1=C(N)Oc2c(ccc3ccccc23)[C@H]1c1cccc(F)c1. The molecule has 0 radical (unpaired) electrons. The van der Waals surface area contributed by atoms with Crippen molar-refractivity contribution in [1.82, 2.24) is 0 Å². The van der Waals surface area contributed by atoms with Gasteiger partial charge in [0.2, 0.25) is 5.88 Å². The molecule has 0 aliphatic carbocycles. The largest absolute Gasteiger partial charge is 0.465 e. The topological polar surface area (TPSA) is 61.5 Å². The number of fused-ring (bicyclic) bond motifs is 3.